The summed E-state index contributed by atoms with van der Waals surface area (Å²) in [5, 5.41) is 0. The molecule has 1 aromatic rings. The van der Waals surface area contributed by atoms with Gasteiger partial charge in [0.1, 0.15) is 5.75 Å². The largest absolute Gasteiger partial charge is 0.750 e. The Kier molecular flexibility index (Phi) is 7.27. The first-order valence-electron chi connectivity index (χ1n) is 7.70. The van der Waals surface area contributed by atoms with E-state index in [1.54, 1.807) is 6.92 Å². The predicted octanol–water partition coefficient (Wildman–Crippen LogP) is 4.08. The molecular formula is C18H25O4S-. The molecule has 0 aliphatic rings. The smallest absolute Gasteiger partial charge is 0.234 e. The molecule has 0 saturated carbocycles. The maximum atomic E-state index is 11.1. The summed E-state index contributed by atoms with van der Waals surface area (Å²) in [6.45, 7) is 10.0. The molecule has 1 rings (SSSR count). The Morgan fingerprint density at radius 3 is 2.26 bits per heavy atom. The molecule has 1 aromatic carbocycles. The van der Waals surface area contributed by atoms with Crippen LogP contribution in [-0.4, -0.2) is 14.5 Å². The van der Waals surface area contributed by atoms with Gasteiger partial charge in [0, 0.05) is 6.42 Å². The molecule has 0 aliphatic carbocycles. The maximum Gasteiger partial charge on any atom is 0.234 e. The van der Waals surface area contributed by atoms with Gasteiger partial charge in [-0.15, -0.1) is 5.92 Å². The fraction of sp³-hybridized carbons (Fsp3) is 0.556. The van der Waals surface area contributed by atoms with Gasteiger partial charge in [-0.25, -0.2) is 4.21 Å². The number of benzene rings is 1. The summed E-state index contributed by atoms with van der Waals surface area (Å²) in [6, 6.07) is 7.63. The Morgan fingerprint density at radius 1 is 1.22 bits per heavy atom. The number of hydrogen-bond donors (Lipinski definition) is 0. The molecule has 4 nitrogen and oxygen atoms in total. The van der Waals surface area contributed by atoms with Gasteiger partial charge in [0.25, 0.3) is 0 Å². The topological polar surface area (TPSA) is 58.6 Å². The van der Waals surface area contributed by atoms with Crippen LogP contribution in [0, 0.1) is 11.8 Å². The minimum absolute atomic E-state index is 0.0414. The van der Waals surface area contributed by atoms with Crippen molar-refractivity contribution in [1.29, 1.82) is 0 Å². The molecule has 2 atom stereocenters. The lowest BCUT2D eigenvalue weighted by atomic mass is 9.87. The zero-order valence-electron chi connectivity index (χ0n) is 14.5. The fourth-order valence-corrected chi connectivity index (χ4v) is 2.65. The van der Waals surface area contributed by atoms with Crippen molar-refractivity contribution in [2.75, 3.05) is 0 Å². The average Bonchev–Trinajstić information content (AvgIpc) is 2.44. The van der Waals surface area contributed by atoms with Gasteiger partial charge in [-0.05, 0) is 36.5 Å². The molecule has 0 saturated heterocycles. The summed E-state index contributed by atoms with van der Waals surface area (Å²) in [5.41, 5.74) is 1.22. The lowest BCUT2D eigenvalue weighted by Crippen LogP contribution is -2.39. The van der Waals surface area contributed by atoms with Crippen molar-refractivity contribution in [3.05, 3.63) is 29.8 Å². The standard InChI is InChI=1S/C18H26O4S/c1-6-8-14-18(13-7-2,22-23(19)20)21-16-11-9-15(10-12-16)17(3,4)5/h9-12H,7,13-14H2,1-5H3,(H,19,20)/p-1. The predicted molar refractivity (Wildman–Crippen MR) is 91.5 cm³/mol. The normalized spacial score (nSPS) is 15.2. The van der Waals surface area contributed by atoms with E-state index in [1.165, 1.54) is 5.56 Å². The minimum atomic E-state index is -2.67. The van der Waals surface area contributed by atoms with Crippen molar-refractivity contribution >= 4 is 11.4 Å². The van der Waals surface area contributed by atoms with Gasteiger partial charge in [0.15, 0.2) is 0 Å². The van der Waals surface area contributed by atoms with Crippen LogP contribution in [0.5, 0.6) is 5.75 Å². The Bertz CT molecular complexity index is 578. The number of hydrogen-bond acceptors (Lipinski definition) is 4. The lowest BCUT2D eigenvalue weighted by Gasteiger charge is -2.33. The lowest BCUT2D eigenvalue weighted by molar-refractivity contribution is -0.112. The summed E-state index contributed by atoms with van der Waals surface area (Å²) in [6.07, 6.45) is 1.33. The highest BCUT2D eigenvalue weighted by atomic mass is 32.2. The molecule has 0 radical (unpaired) electrons. The number of ether oxygens (including phenoxy) is 1. The van der Waals surface area contributed by atoms with Gasteiger partial charge < -0.3 is 9.29 Å². The molecule has 128 valence electrons. The third kappa shape index (κ3) is 6.34. The monoisotopic (exact) mass is 337 g/mol. The van der Waals surface area contributed by atoms with E-state index < -0.39 is 17.1 Å². The van der Waals surface area contributed by atoms with E-state index in [4.69, 9.17) is 8.92 Å². The van der Waals surface area contributed by atoms with Gasteiger partial charge in [-0.1, -0.05) is 45.7 Å². The molecule has 0 amide bonds. The van der Waals surface area contributed by atoms with E-state index in [2.05, 4.69) is 32.6 Å². The van der Waals surface area contributed by atoms with E-state index >= 15 is 0 Å². The SMILES string of the molecule is CC#CCC(CCC)(Oc1ccc(C(C)(C)C)cc1)OS(=O)[O-]. The van der Waals surface area contributed by atoms with Crippen molar-refractivity contribution < 1.29 is 17.7 Å². The van der Waals surface area contributed by atoms with E-state index in [9.17, 15) is 8.76 Å². The van der Waals surface area contributed by atoms with Gasteiger partial charge in [0.05, 0.1) is 17.8 Å². The Hall–Kier alpha value is -1.35. The summed E-state index contributed by atoms with van der Waals surface area (Å²) < 4.78 is 33.1. The number of rotatable bonds is 7. The van der Waals surface area contributed by atoms with Gasteiger partial charge in [0.2, 0.25) is 5.79 Å². The van der Waals surface area contributed by atoms with Crippen molar-refractivity contribution in [3.8, 4) is 17.6 Å². The van der Waals surface area contributed by atoms with Crippen LogP contribution < -0.4 is 4.74 Å². The molecule has 23 heavy (non-hydrogen) atoms. The van der Waals surface area contributed by atoms with Crippen LogP contribution in [-0.2, 0) is 21.0 Å². The summed E-state index contributed by atoms with van der Waals surface area (Å²) in [4.78, 5) is 0. The van der Waals surface area contributed by atoms with Crippen LogP contribution in [0.3, 0.4) is 0 Å². The second-order valence-electron chi connectivity index (χ2n) is 6.43. The second-order valence-corrected chi connectivity index (χ2v) is 7.00. The fourth-order valence-electron chi connectivity index (χ4n) is 2.23. The average molecular weight is 337 g/mol. The van der Waals surface area contributed by atoms with E-state index in [1.807, 2.05) is 31.2 Å². The van der Waals surface area contributed by atoms with Crippen LogP contribution in [0.4, 0.5) is 0 Å². The molecular weight excluding hydrogens is 312 g/mol. The van der Waals surface area contributed by atoms with Gasteiger partial charge >= 0.3 is 0 Å². The van der Waals surface area contributed by atoms with Gasteiger partial charge in [-0.3, -0.25) is 4.18 Å². The summed E-state index contributed by atoms with van der Waals surface area (Å²) >= 11 is -2.67. The Labute approximate surface area is 142 Å². The van der Waals surface area contributed by atoms with Crippen molar-refractivity contribution in [3.63, 3.8) is 0 Å². The highest BCUT2D eigenvalue weighted by Gasteiger charge is 2.33. The third-order valence-electron chi connectivity index (χ3n) is 3.41. The molecule has 0 spiro atoms. The van der Waals surface area contributed by atoms with Crippen molar-refractivity contribution in [1.82, 2.24) is 0 Å². The first kappa shape index (κ1) is 19.7. The zero-order valence-corrected chi connectivity index (χ0v) is 15.3. The van der Waals surface area contributed by atoms with Gasteiger partial charge in [-0.2, -0.15) is 0 Å². The Morgan fingerprint density at radius 2 is 1.83 bits per heavy atom. The van der Waals surface area contributed by atoms with Crippen LogP contribution in [0.15, 0.2) is 24.3 Å². The molecule has 0 aliphatic heterocycles. The summed E-state index contributed by atoms with van der Waals surface area (Å²) in [5.74, 6) is 4.90. The van der Waals surface area contributed by atoms with Crippen LogP contribution in [0.25, 0.3) is 0 Å². The Balaban J connectivity index is 3.06. The molecule has 5 heteroatoms. The highest BCUT2D eigenvalue weighted by molar-refractivity contribution is 7.74. The van der Waals surface area contributed by atoms with Crippen LogP contribution in [0.1, 0.15) is 59.4 Å². The quantitative estimate of drug-likeness (QED) is 0.427. The third-order valence-corrected chi connectivity index (χ3v) is 3.85. The van der Waals surface area contributed by atoms with Crippen molar-refractivity contribution in [2.45, 2.75) is 65.1 Å². The molecule has 0 aromatic heterocycles. The second kappa shape index (κ2) is 8.49. The van der Waals surface area contributed by atoms with Crippen molar-refractivity contribution in [2.24, 2.45) is 0 Å². The summed E-state index contributed by atoms with van der Waals surface area (Å²) in [7, 11) is 0. The minimum Gasteiger partial charge on any atom is -0.750 e. The molecule has 0 N–H and O–H groups in total. The molecule has 0 bridgehead atoms. The van der Waals surface area contributed by atoms with Crippen LogP contribution in [0.2, 0.25) is 0 Å². The van der Waals surface area contributed by atoms with Crippen LogP contribution >= 0.6 is 0 Å². The van der Waals surface area contributed by atoms with E-state index in [0.29, 0.717) is 18.6 Å². The molecule has 0 fully saturated rings. The highest BCUT2D eigenvalue weighted by Crippen LogP contribution is 2.30. The molecule has 2 unspecified atom stereocenters. The van der Waals surface area contributed by atoms with E-state index in [0.717, 1.165) is 0 Å². The van der Waals surface area contributed by atoms with E-state index in [-0.39, 0.29) is 11.8 Å². The first-order chi connectivity index (χ1) is 10.7. The maximum absolute atomic E-state index is 11.1. The zero-order chi connectivity index (χ0) is 17.5. The first-order valence-corrected chi connectivity index (χ1v) is 8.70. The molecule has 0 heterocycles.